The van der Waals surface area contributed by atoms with Crippen LogP contribution in [0.15, 0.2) is 36.5 Å². The molecule has 2 N–H and O–H groups in total. The fourth-order valence-corrected chi connectivity index (χ4v) is 6.10. The van der Waals surface area contributed by atoms with Crippen molar-refractivity contribution in [3.63, 3.8) is 0 Å². The molecule has 6 nitrogen and oxygen atoms in total. The third-order valence-corrected chi connectivity index (χ3v) is 9.41. The maximum atomic E-state index is 12.0. The van der Waals surface area contributed by atoms with E-state index in [1.54, 1.807) is 6.08 Å². The molecule has 0 spiro atoms. The van der Waals surface area contributed by atoms with Crippen molar-refractivity contribution in [2.75, 3.05) is 13.2 Å². The molecular weight excluding hydrogens is 636 g/mol. The van der Waals surface area contributed by atoms with Gasteiger partial charge in [-0.2, -0.15) is 0 Å². The van der Waals surface area contributed by atoms with Crippen LogP contribution in [-0.4, -0.2) is 47.6 Å². The molecule has 51 heavy (non-hydrogen) atoms. The highest BCUT2D eigenvalue weighted by Crippen LogP contribution is 2.15. The van der Waals surface area contributed by atoms with E-state index in [1.807, 2.05) is 12.2 Å². The molecular formula is C45H82O6. The lowest BCUT2D eigenvalue weighted by atomic mass is 10.0. The Morgan fingerprint density at radius 1 is 0.529 bits per heavy atom. The van der Waals surface area contributed by atoms with Crippen LogP contribution in [-0.2, 0) is 19.1 Å². The maximum absolute atomic E-state index is 12.0. The van der Waals surface area contributed by atoms with Gasteiger partial charge in [0.05, 0.1) is 6.10 Å². The molecule has 2 atom stereocenters. The van der Waals surface area contributed by atoms with Gasteiger partial charge in [-0.15, -0.1) is 0 Å². The highest BCUT2D eigenvalue weighted by Gasteiger charge is 2.12. The molecule has 0 fully saturated rings. The summed E-state index contributed by atoms with van der Waals surface area (Å²) < 4.78 is 10.3. The van der Waals surface area contributed by atoms with E-state index in [9.17, 15) is 19.8 Å². The number of hydrogen-bond donors (Lipinski definition) is 2. The lowest BCUT2D eigenvalue weighted by Gasteiger charge is -2.12. The number of ether oxygens (including phenoxy) is 2. The normalized spacial score (nSPS) is 13.2. The van der Waals surface area contributed by atoms with E-state index >= 15 is 0 Å². The second-order valence-corrected chi connectivity index (χ2v) is 15.1. The van der Waals surface area contributed by atoms with Crippen molar-refractivity contribution in [3.05, 3.63) is 36.5 Å². The zero-order chi connectivity index (χ0) is 37.5. The number of carbonyl (C=O) groups is 2. The monoisotopic (exact) mass is 719 g/mol. The lowest BCUT2D eigenvalue weighted by molar-refractivity contribution is -0.152. The summed E-state index contributed by atoms with van der Waals surface area (Å²) in [4.78, 5) is 24.0. The Labute approximate surface area is 315 Å². The molecule has 0 heterocycles. The number of carbonyl (C=O) groups excluding carboxylic acids is 2. The third kappa shape index (κ3) is 40.7. The number of aliphatic hydroxyl groups is 2. The van der Waals surface area contributed by atoms with Crippen molar-refractivity contribution in [2.24, 2.45) is 5.92 Å². The van der Waals surface area contributed by atoms with Crippen molar-refractivity contribution in [2.45, 2.75) is 219 Å². The van der Waals surface area contributed by atoms with Crippen LogP contribution in [0, 0.1) is 5.92 Å². The van der Waals surface area contributed by atoms with Crippen LogP contribution in [0.2, 0.25) is 0 Å². The molecule has 6 heteroatoms. The largest absolute Gasteiger partial charge is 0.463 e. The summed E-state index contributed by atoms with van der Waals surface area (Å²) in [5.41, 5.74) is 0. The first-order valence-electron chi connectivity index (χ1n) is 21.5. The standard InChI is InChI=1S/C45H82O6/c1-4-5-6-7-8-9-10-15-19-22-25-28-31-35-42(46)36-33-38-45(49)51-40-43(47)39-50-44(48)37-32-29-26-23-20-17-14-12-11-13-16-18-21-24-27-30-34-41(2)3/h15,19,25,28,31,35,41-43,46-47H,4-14,16-18,20-24,26-27,29-30,32-34,36-40H2,1-3H3/b19-15+,28-25+,35-31+/t42?,43-/m0/s1. The Hall–Kier alpha value is -1.92. The van der Waals surface area contributed by atoms with Gasteiger partial charge in [0.25, 0.3) is 0 Å². The van der Waals surface area contributed by atoms with Crippen molar-refractivity contribution in [1.29, 1.82) is 0 Å². The summed E-state index contributed by atoms with van der Waals surface area (Å²) in [6.07, 6.45) is 43.8. The first-order chi connectivity index (χ1) is 24.8. The van der Waals surface area contributed by atoms with Crippen molar-refractivity contribution in [3.8, 4) is 0 Å². The molecule has 0 saturated carbocycles. The molecule has 0 rings (SSSR count). The van der Waals surface area contributed by atoms with E-state index in [0.29, 0.717) is 19.3 Å². The molecule has 0 aromatic heterocycles. The van der Waals surface area contributed by atoms with Crippen LogP contribution in [0.5, 0.6) is 0 Å². The predicted molar refractivity (Wildman–Crippen MR) is 216 cm³/mol. The Bertz CT molecular complexity index is 848. The summed E-state index contributed by atoms with van der Waals surface area (Å²) in [5, 5.41) is 20.1. The molecule has 0 bridgehead atoms. The van der Waals surface area contributed by atoms with Gasteiger partial charge in [0, 0.05) is 12.8 Å². The lowest BCUT2D eigenvalue weighted by Crippen LogP contribution is -2.25. The second-order valence-electron chi connectivity index (χ2n) is 15.1. The molecule has 0 aromatic rings. The van der Waals surface area contributed by atoms with Gasteiger partial charge < -0.3 is 19.7 Å². The highest BCUT2D eigenvalue weighted by atomic mass is 16.6. The molecule has 1 unspecified atom stereocenters. The maximum Gasteiger partial charge on any atom is 0.305 e. The minimum absolute atomic E-state index is 0.162. The van der Waals surface area contributed by atoms with E-state index in [-0.39, 0.29) is 25.6 Å². The molecule has 0 aliphatic heterocycles. The molecule has 298 valence electrons. The van der Waals surface area contributed by atoms with E-state index < -0.39 is 18.2 Å². The van der Waals surface area contributed by atoms with E-state index in [2.05, 4.69) is 39.0 Å². The molecule has 0 saturated heterocycles. The summed E-state index contributed by atoms with van der Waals surface area (Å²) in [7, 11) is 0. The number of unbranched alkanes of at least 4 members (excludes halogenated alkanes) is 21. The minimum atomic E-state index is -1.03. The van der Waals surface area contributed by atoms with Crippen molar-refractivity contribution >= 4 is 11.9 Å². The van der Waals surface area contributed by atoms with Crippen LogP contribution in [0.25, 0.3) is 0 Å². The van der Waals surface area contributed by atoms with E-state index in [1.165, 1.54) is 128 Å². The SMILES string of the molecule is CCCCCCCC/C=C/C/C=C/C=C/C(O)CCCC(=O)OC[C@@H](O)COC(=O)CCCCCCCCCCCCCCCCCCC(C)C. The second kappa shape index (κ2) is 39.3. The molecule has 0 amide bonds. The Kier molecular flexibility index (Phi) is 37.8. The molecule has 0 aliphatic rings. The number of allylic oxidation sites excluding steroid dienone is 5. The molecule has 0 radical (unpaired) electrons. The number of rotatable bonds is 38. The van der Waals surface area contributed by atoms with Gasteiger partial charge in [-0.3, -0.25) is 9.59 Å². The predicted octanol–water partition coefficient (Wildman–Crippen LogP) is 12.5. The topological polar surface area (TPSA) is 93.1 Å². The van der Waals surface area contributed by atoms with Crippen molar-refractivity contribution in [1.82, 2.24) is 0 Å². The average Bonchev–Trinajstić information content (AvgIpc) is 3.11. The average molecular weight is 719 g/mol. The third-order valence-electron chi connectivity index (χ3n) is 9.41. The Balaban J connectivity index is 3.56. The number of aliphatic hydroxyl groups excluding tert-OH is 2. The first kappa shape index (κ1) is 49.1. The highest BCUT2D eigenvalue weighted by molar-refractivity contribution is 5.69. The van der Waals surface area contributed by atoms with Gasteiger partial charge in [-0.1, -0.05) is 192 Å². The van der Waals surface area contributed by atoms with Gasteiger partial charge >= 0.3 is 11.9 Å². The Morgan fingerprint density at radius 3 is 1.53 bits per heavy atom. The molecule has 0 aliphatic carbocycles. The first-order valence-corrected chi connectivity index (χ1v) is 21.5. The quantitative estimate of drug-likeness (QED) is 0.0286. The fraction of sp³-hybridized carbons (Fsp3) is 0.822. The van der Waals surface area contributed by atoms with Gasteiger partial charge in [-0.25, -0.2) is 0 Å². The van der Waals surface area contributed by atoms with Crippen LogP contribution < -0.4 is 0 Å². The van der Waals surface area contributed by atoms with Crippen LogP contribution >= 0.6 is 0 Å². The van der Waals surface area contributed by atoms with Crippen LogP contribution in [0.1, 0.15) is 207 Å². The zero-order valence-electron chi connectivity index (χ0n) is 33.6. The smallest absolute Gasteiger partial charge is 0.305 e. The van der Waals surface area contributed by atoms with Gasteiger partial charge in [0.15, 0.2) is 0 Å². The van der Waals surface area contributed by atoms with E-state index in [4.69, 9.17) is 9.47 Å². The number of hydrogen-bond acceptors (Lipinski definition) is 6. The molecule has 0 aromatic carbocycles. The van der Waals surface area contributed by atoms with Gasteiger partial charge in [-0.05, 0) is 44.4 Å². The Morgan fingerprint density at radius 2 is 1.00 bits per heavy atom. The minimum Gasteiger partial charge on any atom is -0.463 e. The summed E-state index contributed by atoms with van der Waals surface area (Å²) in [5.74, 6) is 0.103. The van der Waals surface area contributed by atoms with Gasteiger partial charge in [0.2, 0.25) is 0 Å². The zero-order valence-corrected chi connectivity index (χ0v) is 33.6. The summed E-state index contributed by atoms with van der Waals surface area (Å²) in [6.45, 7) is 6.50. The number of esters is 2. The summed E-state index contributed by atoms with van der Waals surface area (Å²) >= 11 is 0. The van der Waals surface area contributed by atoms with Crippen LogP contribution in [0.4, 0.5) is 0 Å². The van der Waals surface area contributed by atoms with E-state index in [0.717, 1.165) is 38.0 Å². The van der Waals surface area contributed by atoms with Gasteiger partial charge in [0.1, 0.15) is 19.3 Å². The summed E-state index contributed by atoms with van der Waals surface area (Å²) in [6, 6.07) is 0. The van der Waals surface area contributed by atoms with Crippen molar-refractivity contribution < 1.29 is 29.3 Å². The fourth-order valence-electron chi connectivity index (χ4n) is 6.10. The van der Waals surface area contributed by atoms with Crippen LogP contribution in [0.3, 0.4) is 0 Å².